The molecule has 0 amide bonds. The van der Waals surface area contributed by atoms with Gasteiger partial charge >= 0.3 is 5.97 Å². The molecule has 0 aliphatic carbocycles. The third-order valence-corrected chi connectivity index (χ3v) is 4.64. The Morgan fingerprint density at radius 1 is 1.00 bits per heavy atom. The molecule has 0 atom stereocenters. The van der Waals surface area contributed by atoms with Crippen LogP contribution in [0.2, 0.25) is 0 Å². The molecule has 0 aliphatic heterocycles. The van der Waals surface area contributed by atoms with Gasteiger partial charge in [0, 0.05) is 26.2 Å². The Labute approximate surface area is 110 Å². The van der Waals surface area contributed by atoms with Crippen molar-refractivity contribution in [1.82, 2.24) is 8.61 Å². The number of rotatable bonds is 10. The summed E-state index contributed by atoms with van der Waals surface area (Å²) in [7, 11) is -3.53. The fraction of sp³-hybridized carbons (Fsp3) is 0.909. The Morgan fingerprint density at radius 3 is 1.83 bits per heavy atom. The molecule has 18 heavy (non-hydrogen) atoms. The van der Waals surface area contributed by atoms with Crippen LogP contribution in [-0.2, 0) is 15.0 Å². The molecule has 0 fully saturated rings. The molecule has 0 aromatic carbocycles. The summed E-state index contributed by atoms with van der Waals surface area (Å²) in [6.45, 7) is 6.82. The second kappa shape index (κ2) is 8.44. The average Bonchev–Trinajstić information content (AvgIpc) is 2.28. The van der Waals surface area contributed by atoms with E-state index in [-0.39, 0.29) is 13.0 Å². The molecule has 0 radical (unpaired) electrons. The van der Waals surface area contributed by atoms with Crippen molar-refractivity contribution in [3.63, 3.8) is 0 Å². The van der Waals surface area contributed by atoms with Crippen LogP contribution in [0.5, 0.6) is 0 Å². The van der Waals surface area contributed by atoms with E-state index in [2.05, 4.69) is 0 Å². The summed E-state index contributed by atoms with van der Waals surface area (Å²) in [5.74, 6) is -0.985. The van der Waals surface area contributed by atoms with Gasteiger partial charge in [0.1, 0.15) is 0 Å². The maximum Gasteiger partial charge on any atom is 0.304 e. The molecule has 0 bridgehead atoms. The average molecular weight is 280 g/mol. The number of nitrogens with zero attached hydrogens (tertiary/aromatic N) is 2. The van der Waals surface area contributed by atoms with Crippen molar-refractivity contribution < 1.29 is 18.3 Å². The van der Waals surface area contributed by atoms with E-state index in [1.807, 2.05) is 13.8 Å². The van der Waals surface area contributed by atoms with Crippen molar-refractivity contribution in [2.45, 2.75) is 40.0 Å². The topological polar surface area (TPSA) is 77.9 Å². The minimum Gasteiger partial charge on any atom is -0.481 e. The number of hydrogen-bond acceptors (Lipinski definition) is 3. The van der Waals surface area contributed by atoms with E-state index >= 15 is 0 Å². The van der Waals surface area contributed by atoms with Crippen LogP contribution in [-0.4, -0.2) is 54.3 Å². The fourth-order valence-electron chi connectivity index (χ4n) is 1.66. The summed E-state index contributed by atoms with van der Waals surface area (Å²) >= 11 is 0. The highest BCUT2D eigenvalue weighted by atomic mass is 32.2. The first-order chi connectivity index (χ1) is 8.39. The van der Waals surface area contributed by atoms with Crippen LogP contribution in [0.15, 0.2) is 0 Å². The molecule has 108 valence electrons. The number of hydrogen-bond donors (Lipinski definition) is 1. The van der Waals surface area contributed by atoms with Gasteiger partial charge in [-0.1, -0.05) is 20.8 Å². The molecule has 0 aliphatic rings. The Hall–Kier alpha value is -0.660. The van der Waals surface area contributed by atoms with Gasteiger partial charge in [-0.05, 0) is 12.8 Å². The highest BCUT2D eigenvalue weighted by molar-refractivity contribution is 7.86. The number of aliphatic carboxylic acids is 1. The summed E-state index contributed by atoms with van der Waals surface area (Å²) in [6, 6.07) is 0. The standard InChI is InChI=1S/C11H24N2O4S/c1-4-8-13(9-5-2)18(16,17)12(6-3)10-7-11(14)15/h4-10H2,1-3H3,(H,14,15). The zero-order chi connectivity index (χ0) is 14.2. The lowest BCUT2D eigenvalue weighted by Gasteiger charge is -2.28. The second-order valence-electron chi connectivity index (χ2n) is 4.04. The van der Waals surface area contributed by atoms with Crippen LogP contribution in [0.25, 0.3) is 0 Å². The first kappa shape index (κ1) is 17.3. The van der Waals surface area contributed by atoms with Crippen LogP contribution in [0, 0.1) is 0 Å². The largest absolute Gasteiger partial charge is 0.481 e. The lowest BCUT2D eigenvalue weighted by molar-refractivity contribution is -0.137. The normalized spacial score (nSPS) is 12.3. The molecule has 0 aromatic heterocycles. The van der Waals surface area contributed by atoms with Gasteiger partial charge in [-0.25, -0.2) is 0 Å². The Kier molecular flexibility index (Phi) is 8.13. The molecule has 6 nitrogen and oxygen atoms in total. The van der Waals surface area contributed by atoms with Crippen LogP contribution in [0.3, 0.4) is 0 Å². The van der Waals surface area contributed by atoms with Crippen LogP contribution < -0.4 is 0 Å². The zero-order valence-corrected chi connectivity index (χ0v) is 12.2. The van der Waals surface area contributed by atoms with Gasteiger partial charge in [0.05, 0.1) is 6.42 Å². The van der Waals surface area contributed by atoms with Gasteiger partial charge in [-0.15, -0.1) is 0 Å². The van der Waals surface area contributed by atoms with Crippen molar-refractivity contribution in [3.05, 3.63) is 0 Å². The van der Waals surface area contributed by atoms with Gasteiger partial charge in [0.25, 0.3) is 10.2 Å². The Morgan fingerprint density at radius 2 is 1.50 bits per heavy atom. The molecule has 0 rings (SSSR count). The molecule has 0 spiro atoms. The van der Waals surface area contributed by atoms with E-state index in [0.717, 1.165) is 12.8 Å². The van der Waals surface area contributed by atoms with Gasteiger partial charge in [0.2, 0.25) is 0 Å². The van der Waals surface area contributed by atoms with E-state index in [9.17, 15) is 13.2 Å². The monoisotopic (exact) mass is 280 g/mol. The quantitative estimate of drug-likeness (QED) is 0.651. The minimum absolute atomic E-state index is 0.0259. The van der Waals surface area contributed by atoms with Gasteiger partial charge < -0.3 is 5.11 Å². The molecule has 0 aromatic rings. The van der Waals surface area contributed by atoms with E-state index in [1.54, 1.807) is 6.92 Å². The SMILES string of the molecule is CCCN(CCC)S(=O)(=O)N(CC)CCC(=O)O. The van der Waals surface area contributed by atoms with Crippen molar-refractivity contribution in [1.29, 1.82) is 0 Å². The van der Waals surface area contributed by atoms with Crippen LogP contribution in [0.4, 0.5) is 0 Å². The fourth-order valence-corrected chi connectivity index (χ4v) is 3.46. The highest BCUT2D eigenvalue weighted by Crippen LogP contribution is 2.10. The summed E-state index contributed by atoms with van der Waals surface area (Å²) in [5, 5.41) is 8.63. The summed E-state index contributed by atoms with van der Waals surface area (Å²) in [4.78, 5) is 10.5. The third kappa shape index (κ3) is 5.32. The Balaban J connectivity index is 4.84. The van der Waals surface area contributed by atoms with Gasteiger partial charge in [0.15, 0.2) is 0 Å². The molecule has 0 saturated carbocycles. The third-order valence-electron chi connectivity index (χ3n) is 2.53. The predicted octanol–water partition coefficient (Wildman–Crippen LogP) is 1.15. The molecular formula is C11H24N2O4S. The minimum atomic E-state index is -3.53. The molecule has 1 N–H and O–H groups in total. The second-order valence-corrected chi connectivity index (χ2v) is 5.97. The van der Waals surface area contributed by atoms with Crippen LogP contribution >= 0.6 is 0 Å². The van der Waals surface area contributed by atoms with E-state index < -0.39 is 16.2 Å². The number of carboxylic acids is 1. The van der Waals surface area contributed by atoms with Gasteiger partial charge in [-0.3, -0.25) is 4.79 Å². The lowest BCUT2D eigenvalue weighted by atomic mass is 10.4. The summed E-state index contributed by atoms with van der Waals surface area (Å²) < 4.78 is 27.3. The first-order valence-electron chi connectivity index (χ1n) is 6.37. The highest BCUT2D eigenvalue weighted by Gasteiger charge is 2.27. The first-order valence-corrected chi connectivity index (χ1v) is 7.76. The zero-order valence-electron chi connectivity index (χ0n) is 11.4. The maximum atomic E-state index is 12.3. The van der Waals surface area contributed by atoms with E-state index in [1.165, 1.54) is 8.61 Å². The Bertz CT molecular complexity index is 337. The maximum absolute atomic E-state index is 12.3. The van der Waals surface area contributed by atoms with Crippen molar-refractivity contribution in [2.24, 2.45) is 0 Å². The number of carboxylic acid groups (broad SMARTS) is 1. The van der Waals surface area contributed by atoms with Crippen LogP contribution in [0.1, 0.15) is 40.0 Å². The molecule has 7 heteroatoms. The summed E-state index contributed by atoms with van der Waals surface area (Å²) in [5.41, 5.74) is 0. The lowest BCUT2D eigenvalue weighted by Crippen LogP contribution is -2.45. The summed E-state index contributed by atoms with van der Waals surface area (Å²) in [6.07, 6.45) is 1.32. The van der Waals surface area contributed by atoms with Gasteiger partial charge in [-0.2, -0.15) is 17.0 Å². The predicted molar refractivity (Wildman–Crippen MR) is 70.6 cm³/mol. The molecular weight excluding hydrogens is 256 g/mol. The van der Waals surface area contributed by atoms with E-state index in [4.69, 9.17) is 5.11 Å². The smallest absolute Gasteiger partial charge is 0.304 e. The number of carbonyl (C=O) groups is 1. The molecule has 0 heterocycles. The van der Waals surface area contributed by atoms with Crippen molar-refractivity contribution in [3.8, 4) is 0 Å². The van der Waals surface area contributed by atoms with Crippen molar-refractivity contribution in [2.75, 3.05) is 26.2 Å². The van der Waals surface area contributed by atoms with E-state index in [0.29, 0.717) is 19.6 Å². The van der Waals surface area contributed by atoms with Crippen molar-refractivity contribution >= 4 is 16.2 Å². The molecule has 0 saturated heterocycles. The molecule has 0 unspecified atom stereocenters.